The molecule has 1 aromatic carbocycles. The number of carbonyl (C=O) groups is 1. The van der Waals surface area contributed by atoms with Gasteiger partial charge in [-0.15, -0.1) is 0 Å². The summed E-state index contributed by atoms with van der Waals surface area (Å²) in [6.45, 7) is 2.71. The van der Waals surface area contributed by atoms with Gasteiger partial charge in [0.05, 0.1) is 20.3 Å². The number of hydrogen-bond donors (Lipinski definition) is 0. The average molecular weight is 250 g/mol. The zero-order valence-corrected chi connectivity index (χ0v) is 10.7. The lowest BCUT2D eigenvalue weighted by atomic mass is 10.2. The van der Waals surface area contributed by atoms with Gasteiger partial charge in [-0.25, -0.2) is 0 Å². The molecular formula is C14H18O4. The summed E-state index contributed by atoms with van der Waals surface area (Å²) in [5.74, 6) is 0.554. The molecule has 0 aliphatic heterocycles. The monoisotopic (exact) mass is 250 g/mol. The van der Waals surface area contributed by atoms with Gasteiger partial charge in [-0.2, -0.15) is 0 Å². The Balaban J connectivity index is 2.15. The third-order valence-electron chi connectivity index (χ3n) is 2.19. The van der Waals surface area contributed by atoms with Gasteiger partial charge in [0.25, 0.3) is 0 Å². The van der Waals surface area contributed by atoms with Crippen LogP contribution in [0.5, 0.6) is 5.75 Å². The minimum atomic E-state index is -0.279. The zero-order chi connectivity index (χ0) is 13.2. The topological polar surface area (TPSA) is 44.8 Å². The maximum atomic E-state index is 10.5. The molecule has 1 aromatic rings. The quantitative estimate of drug-likeness (QED) is 0.423. The molecule has 0 atom stereocenters. The van der Waals surface area contributed by atoms with Crippen molar-refractivity contribution in [3.63, 3.8) is 0 Å². The van der Waals surface area contributed by atoms with Gasteiger partial charge in [0, 0.05) is 6.92 Å². The molecule has 18 heavy (non-hydrogen) atoms. The van der Waals surface area contributed by atoms with Crippen molar-refractivity contribution in [2.45, 2.75) is 13.5 Å². The summed E-state index contributed by atoms with van der Waals surface area (Å²) < 4.78 is 15.2. The minimum Gasteiger partial charge on any atom is -0.497 e. The fourth-order valence-corrected chi connectivity index (χ4v) is 1.27. The van der Waals surface area contributed by atoms with Crippen LogP contribution < -0.4 is 4.74 Å². The van der Waals surface area contributed by atoms with Gasteiger partial charge in [0.2, 0.25) is 0 Å². The second kappa shape index (κ2) is 8.31. The molecule has 0 spiro atoms. The highest BCUT2D eigenvalue weighted by Crippen LogP contribution is 2.11. The van der Waals surface area contributed by atoms with Crippen molar-refractivity contribution >= 4 is 5.97 Å². The number of benzene rings is 1. The molecule has 98 valence electrons. The first-order valence-corrected chi connectivity index (χ1v) is 5.71. The lowest BCUT2D eigenvalue weighted by molar-refractivity contribution is -0.139. The van der Waals surface area contributed by atoms with Gasteiger partial charge in [-0.1, -0.05) is 18.2 Å². The van der Waals surface area contributed by atoms with Crippen molar-refractivity contribution in [2.75, 3.05) is 20.3 Å². The third kappa shape index (κ3) is 6.06. The van der Waals surface area contributed by atoms with E-state index in [-0.39, 0.29) is 5.97 Å². The first-order chi connectivity index (χ1) is 8.72. The van der Waals surface area contributed by atoms with Crippen LogP contribution in [0.1, 0.15) is 12.5 Å². The van der Waals surface area contributed by atoms with Crippen LogP contribution in [-0.4, -0.2) is 26.3 Å². The van der Waals surface area contributed by atoms with Crippen molar-refractivity contribution in [1.82, 2.24) is 0 Å². The molecule has 0 unspecified atom stereocenters. The highest BCUT2D eigenvalue weighted by molar-refractivity contribution is 5.65. The lowest BCUT2D eigenvalue weighted by Crippen LogP contribution is -1.98. The second-order valence-electron chi connectivity index (χ2n) is 3.64. The Morgan fingerprint density at radius 3 is 2.44 bits per heavy atom. The van der Waals surface area contributed by atoms with E-state index in [2.05, 4.69) is 0 Å². The molecule has 0 heterocycles. The normalized spacial score (nSPS) is 10.6. The van der Waals surface area contributed by atoms with Crippen molar-refractivity contribution in [2.24, 2.45) is 0 Å². The SMILES string of the molecule is COc1ccc(COC/C=C\COC(C)=O)cc1. The van der Waals surface area contributed by atoms with Gasteiger partial charge >= 0.3 is 5.97 Å². The van der Waals surface area contributed by atoms with Gasteiger partial charge in [-0.3, -0.25) is 4.79 Å². The summed E-state index contributed by atoms with van der Waals surface area (Å²) in [7, 11) is 1.64. The summed E-state index contributed by atoms with van der Waals surface area (Å²) >= 11 is 0. The number of methoxy groups -OCH3 is 1. The van der Waals surface area contributed by atoms with Crippen LogP contribution in [0.2, 0.25) is 0 Å². The molecule has 0 saturated heterocycles. The zero-order valence-electron chi connectivity index (χ0n) is 10.7. The van der Waals surface area contributed by atoms with Crippen LogP contribution in [0.4, 0.5) is 0 Å². The molecular weight excluding hydrogens is 232 g/mol. The number of ether oxygens (including phenoxy) is 3. The molecule has 0 N–H and O–H groups in total. The highest BCUT2D eigenvalue weighted by Gasteiger charge is 1.93. The largest absolute Gasteiger partial charge is 0.497 e. The van der Waals surface area contributed by atoms with E-state index in [1.54, 1.807) is 13.2 Å². The maximum absolute atomic E-state index is 10.5. The van der Waals surface area contributed by atoms with Crippen LogP contribution in [0.25, 0.3) is 0 Å². The van der Waals surface area contributed by atoms with Crippen molar-refractivity contribution in [1.29, 1.82) is 0 Å². The molecule has 0 radical (unpaired) electrons. The lowest BCUT2D eigenvalue weighted by Gasteiger charge is -2.03. The number of hydrogen-bond acceptors (Lipinski definition) is 4. The summed E-state index contributed by atoms with van der Waals surface area (Å²) in [6.07, 6.45) is 3.59. The van der Waals surface area contributed by atoms with Crippen LogP contribution in [-0.2, 0) is 20.9 Å². The maximum Gasteiger partial charge on any atom is 0.302 e. The summed E-state index contributed by atoms with van der Waals surface area (Å²) in [5, 5.41) is 0. The Morgan fingerprint density at radius 2 is 1.83 bits per heavy atom. The Hall–Kier alpha value is -1.81. The van der Waals surface area contributed by atoms with Crippen LogP contribution >= 0.6 is 0 Å². The van der Waals surface area contributed by atoms with Crippen LogP contribution in [0.15, 0.2) is 36.4 Å². The van der Waals surface area contributed by atoms with E-state index in [9.17, 15) is 4.79 Å². The predicted molar refractivity (Wildman–Crippen MR) is 68.4 cm³/mol. The van der Waals surface area contributed by atoms with E-state index in [0.717, 1.165) is 11.3 Å². The molecule has 0 aliphatic rings. The van der Waals surface area contributed by atoms with Crippen molar-refractivity contribution in [3.8, 4) is 5.75 Å². The summed E-state index contributed by atoms with van der Waals surface area (Å²) in [4.78, 5) is 10.5. The molecule has 0 saturated carbocycles. The van der Waals surface area contributed by atoms with Crippen molar-refractivity contribution < 1.29 is 19.0 Å². The molecule has 0 amide bonds. The van der Waals surface area contributed by atoms with E-state index in [1.165, 1.54) is 6.92 Å². The number of carbonyl (C=O) groups excluding carboxylic acids is 1. The first kappa shape index (κ1) is 14.3. The second-order valence-corrected chi connectivity index (χ2v) is 3.64. The average Bonchev–Trinajstić information content (AvgIpc) is 2.38. The van der Waals surface area contributed by atoms with E-state index in [1.807, 2.05) is 30.3 Å². The molecule has 0 aromatic heterocycles. The summed E-state index contributed by atoms with van der Waals surface area (Å²) in [6, 6.07) is 7.72. The Kier molecular flexibility index (Phi) is 6.58. The summed E-state index contributed by atoms with van der Waals surface area (Å²) in [5.41, 5.74) is 1.09. The third-order valence-corrected chi connectivity index (χ3v) is 2.19. The van der Waals surface area contributed by atoms with Crippen LogP contribution in [0, 0.1) is 0 Å². The fraction of sp³-hybridized carbons (Fsp3) is 0.357. The Bertz CT molecular complexity index is 381. The standard InChI is InChI=1S/C14H18O4/c1-12(15)18-10-4-3-9-17-11-13-5-7-14(16-2)8-6-13/h3-8H,9-11H2,1-2H3/b4-3-. The number of esters is 1. The minimum absolute atomic E-state index is 0.279. The number of rotatable bonds is 7. The Labute approximate surface area is 107 Å². The smallest absolute Gasteiger partial charge is 0.302 e. The van der Waals surface area contributed by atoms with E-state index in [4.69, 9.17) is 14.2 Å². The molecule has 1 rings (SSSR count). The van der Waals surface area contributed by atoms with Crippen molar-refractivity contribution in [3.05, 3.63) is 42.0 Å². The fourth-order valence-electron chi connectivity index (χ4n) is 1.27. The van der Waals surface area contributed by atoms with Gasteiger partial charge in [-0.05, 0) is 23.8 Å². The molecule has 4 nitrogen and oxygen atoms in total. The first-order valence-electron chi connectivity index (χ1n) is 5.71. The molecule has 0 bridgehead atoms. The molecule has 0 fully saturated rings. The van der Waals surface area contributed by atoms with Gasteiger partial charge in [0.1, 0.15) is 12.4 Å². The molecule has 4 heteroatoms. The predicted octanol–water partition coefficient (Wildman–Crippen LogP) is 2.33. The molecule has 0 aliphatic carbocycles. The highest BCUT2D eigenvalue weighted by atomic mass is 16.5. The van der Waals surface area contributed by atoms with Gasteiger partial charge < -0.3 is 14.2 Å². The van der Waals surface area contributed by atoms with E-state index in [0.29, 0.717) is 19.8 Å². The van der Waals surface area contributed by atoms with E-state index < -0.39 is 0 Å². The Morgan fingerprint density at radius 1 is 1.17 bits per heavy atom. The van der Waals surface area contributed by atoms with Crippen LogP contribution in [0.3, 0.4) is 0 Å². The van der Waals surface area contributed by atoms with E-state index >= 15 is 0 Å². The van der Waals surface area contributed by atoms with Gasteiger partial charge in [0.15, 0.2) is 0 Å².